The number of fused-ring (bicyclic) bond motifs is 2. The van der Waals surface area contributed by atoms with Crippen molar-refractivity contribution in [2.45, 2.75) is 170 Å². The summed E-state index contributed by atoms with van der Waals surface area (Å²) in [5.74, 6) is -7.51. The maximum absolute atomic E-state index is 12.7. The predicted molar refractivity (Wildman–Crippen MR) is 236 cm³/mol. The molecule has 3 aliphatic rings. The van der Waals surface area contributed by atoms with Crippen molar-refractivity contribution in [1.29, 1.82) is 0 Å². The van der Waals surface area contributed by atoms with E-state index in [-0.39, 0.29) is 31.6 Å². The molecule has 65 heavy (non-hydrogen) atoms. The smallest absolute Gasteiger partial charge is 0.311 e. The van der Waals surface area contributed by atoms with Crippen molar-refractivity contribution in [1.82, 2.24) is 0 Å². The van der Waals surface area contributed by atoms with Crippen LogP contribution in [0.15, 0.2) is 85.1 Å². The Balaban J connectivity index is 1.86. The third kappa shape index (κ3) is 18.5. The maximum atomic E-state index is 12.7. The highest BCUT2D eigenvalue weighted by molar-refractivity contribution is 5.78. The molecule has 366 valence electrons. The molecule has 18 heteroatoms. The first-order chi connectivity index (χ1) is 30.6. The third-order valence-corrected chi connectivity index (χ3v) is 11.9. The lowest BCUT2D eigenvalue weighted by Crippen LogP contribution is -2.61. The molecule has 3 aliphatic heterocycles. The zero-order valence-electron chi connectivity index (χ0n) is 37.5. The summed E-state index contributed by atoms with van der Waals surface area (Å²) in [7, 11) is 0. The van der Waals surface area contributed by atoms with Gasteiger partial charge in [0, 0.05) is 50.4 Å². The lowest BCUT2D eigenvalue weighted by molar-refractivity contribution is -0.310. The van der Waals surface area contributed by atoms with Gasteiger partial charge >= 0.3 is 11.9 Å². The molecule has 0 aromatic heterocycles. The Kier molecular flexibility index (Phi) is 23.2. The molecule has 12 N–H and O–H groups in total. The molecular formula is C47H71NO17. The quantitative estimate of drug-likeness (QED) is 0.175. The first-order valence-corrected chi connectivity index (χ1v) is 22.2. The normalized spacial score (nSPS) is 44.4. The Morgan fingerprint density at radius 1 is 0.692 bits per heavy atom. The van der Waals surface area contributed by atoms with Crippen LogP contribution in [0.1, 0.15) is 79.1 Å². The van der Waals surface area contributed by atoms with Gasteiger partial charge in [-0.2, -0.15) is 0 Å². The Morgan fingerprint density at radius 2 is 1.23 bits per heavy atom. The van der Waals surface area contributed by atoms with Crippen LogP contribution in [0.2, 0.25) is 0 Å². The molecule has 2 fully saturated rings. The van der Waals surface area contributed by atoms with E-state index in [9.17, 15) is 65.4 Å². The fourth-order valence-electron chi connectivity index (χ4n) is 7.82. The van der Waals surface area contributed by atoms with E-state index in [1.807, 2.05) is 13.0 Å². The van der Waals surface area contributed by atoms with Gasteiger partial charge < -0.3 is 75.7 Å². The summed E-state index contributed by atoms with van der Waals surface area (Å²) < 4.78 is 23.1. The highest BCUT2D eigenvalue weighted by atomic mass is 16.7. The van der Waals surface area contributed by atoms with Gasteiger partial charge in [-0.3, -0.25) is 14.4 Å². The van der Waals surface area contributed by atoms with Crippen molar-refractivity contribution in [3.05, 3.63) is 85.1 Å². The minimum absolute atomic E-state index is 0.291. The van der Waals surface area contributed by atoms with Gasteiger partial charge in [0.05, 0.1) is 73.5 Å². The number of allylic oxidation sites excluding steroid dienone is 12. The summed E-state index contributed by atoms with van der Waals surface area (Å²) in [5.41, 5.74) is 6.01. The number of Topliss-reactive ketones (excluding diaryl/α,β-unsaturated/α-hetero) is 1. The van der Waals surface area contributed by atoms with Crippen LogP contribution >= 0.6 is 0 Å². The molecule has 18 atom stereocenters. The number of cyclic esters (lactones) is 1. The molecule has 0 aliphatic carbocycles. The lowest BCUT2D eigenvalue weighted by atomic mass is 9.82. The number of hydrogen-bond acceptors (Lipinski definition) is 17. The van der Waals surface area contributed by atoms with E-state index >= 15 is 0 Å². The maximum Gasteiger partial charge on any atom is 0.311 e. The Labute approximate surface area is 380 Å². The fourth-order valence-corrected chi connectivity index (χ4v) is 7.82. The van der Waals surface area contributed by atoms with Crippen LogP contribution in [0.25, 0.3) is 0 Å². The van der Waals surface area contributed by atoms with Crippen LogP contribution in [0.5, 0.6) is 0 Å². The van der Waals surface area contributed by atoms with Crippen LogP contribution in [0.3, 0.4) is 0 Å². The molecule has 0 spiro atoms. The number of ether oxygens (including phenoxy) is 4. The van der Waals surface area contributed by atoms with E-state index in [0.29, 0.717) is 0 Å². The van der Waals surface area contributed by atoms with Gasteiger partial charge in [-0.15, -0.1) is 0 Å². The first-order valence-electron chi connectivity index (χ1n) is 22.2. The summed E-state index contributed by atoms with van der Waals surface area (Å²) in [6.07, 6.45) is 3.67. The zero-order valence-corrected chi connectivity index (χ0v) is 37.5. The summed E-state index contributed by atoms with van der Waals surface area (Å²) >= 11 is 0. The number of aliphatic hydroxyl groups excluding tert-OH is 8. The summed E-state index contributed by atoms with van der Waals surface area (Å²) in [6.45, 7) is 6.70. The van der Waals surface area contributed by atoms with Crippen molar-refractivity contribution in [2.75, 3.05) is 0 Å². The van der Waals surface area contributed by atoms with E-state index in [1.165, 1.54) is 13.0 Å². The molecule has 2 saturated heterocycles. The van der Waals surface area contributed by atoms with Crippen molar-refractivity contribution in [2.24, 2.45) is 23.5 Å². The predicted octanol–water partition coefficient (Wildman–Crippen LogP) is 0.920. The van der Waals surface area contributed by atoms with E-state index in [1.54, 1.807) is 86.8 Å². The second-order valence-electron chi connectivity index (χ2n) is 17.4. The number of ketones is 1. The van der Waals surface area contributed by atoms with Crippen LogP contribution in [0.4, 0.5) is 0 Å². The molecule has 0 radical (unpaired) electrons. The number of carboxylic acid groups (broad SMARTS) is 1. The number of carbonyl (C=O) groups excluding carboxylic acids is 2. The molecule has 3 heterocycles. The van der Waals surface area contributed by atoms with Crippen LogP contribution < -0.4 is 5.73 Å². The zero-order chi connectivity index (χ0) is 48.4. The molecule has 0 aromatic carbocycles. The number of carbonyl (C=O) groups is 3. The second-order valence-corrected chi connectivity index (χ2v) is 17.4. The van der Waals surface area contributed by atoms with Crippen LogP contribution in [0, 0.1) is 17.8 Å². The summed E-state index contributed by atoms with van der Waals surface area (Å²) in [5, 5.41) is 107. The Morgan fingerprint density at radius 3 is 1.82 bits per heavy atom. The molecule has 3 rings (SSSR count). The molecule has 2 bridgehead atoms. The van der Waals surface area contributed by atoms with Crippen LogP contribution in [-0.4, -0.2) is 160 Å². The first kappa shape index (κ1) is 55.6. The largest absolute Gasteiger partial charge is 0.481 e. The van der Waals surface area contributed by atoms with Gasteiger partial charge in [0.2, 0.25) is 0 Å². The monoisotopic (exact) mass is 921 g/mol. The number of hydrogen-bond donors (Lipinski definition) is 11. The van der Waals surface area contributed by atoms with E-state index < -0.39 is 147 Å². The molecular weight excluding hydrogens is 851 g/mol. The van der Waals surface area contributed by atoms with Gasteiger partial charge in [-0.1, -0.05) is 98.9 Å². The van der Waals surface area contributed by atoms with Gasteiger partial charge in [-0.25, -0.2) is 0 Å². The van der Waals surface area contributed by atoms with Gasteiger partial charge in [0.1, 0.15) is 23.9 Å². The van der Waals surface area contributed by atoms with E-state index in [4.69, 9.17) is 24.7 Å². The number of esters is 1. The molecule has 0 saturated carbocycles. The third-order valence-electron chi connectivity index (χ3n) is 11.9. The number of nitrogens with two attached hydrogens (primary N) is 1. The molecule has 0 aromatic rings. The fraction of sp³-hybridized carbons (Fsp3) is 0.638. The van der Waals surface area contributed by atoms with E-state index in [2.05, 4.69) is 0 Å². The van der Waals surface area contributed by atoms with Crippen molar-refractivity contribution in [3.63, 3.8) is 0 Å². The summed E-state index contributed by atoms with van der Waals surface area (Å²) in [6, 6.07) is -1.15. The Hall–Kier alpha value is -3.73. The highest BCUT2D eigenvalue weighted by Gasteiger charge is 2.51. The average molecular weight is 922 g/mol. The molecule has 0 unspecified atom stereocenters. The number of rotatable bonds is 3. The van der Waals surface area contributed by atoms with Gasteiger partial charge in [0.25, 0.3) is 0 Å². The average Bonchev–Trinajstić information content (AvgIpc) is 3.21. The number of aliphatic carboxylic acids is 1. The minimum Gasteiger partial charge on any atom is -0.481 e. The lowest BCUT2D eigenvalue weighted by Gasteiger charge is -2.45. The standard InChI is InChI=1S/C47H71NO17/c1-27-17-15-13-11-9-7-5-6-8-10-12-14-16-18-34(64-46-44(58)41(48)43(57)30(4)63-46)24-38-40(45(59)60)37(54)26-47(61,65-38)25-36(53)35(52)20-19-31(49)21-32(50)22-33(51)23-39(55)62-29(3)28(2)42(27)56/h5-18,27-30,32-38,40-44,46,50-54,56-58,61H,19-26,48H2,1-4H3,(H,59,60)/b6-5+,9-7+,10-8+,13-11+,14-12+,17-15+,18-16+/t27-,28-,29+,30-,32-,33+,34+,35-,36-,37+,38+,40-,41+,42-,43-,44-,46+,47+/m0/s1. The summed E-state index contributed by atoms with van der Waals surface area (Å²) in [4.78, 5) is 37.8. The Bertz CT molecular complexity index is 1710. The van der Waals surface area contributed by atoms with Gasteiger partial charge in [-0.05, 0) is 20.3 Å². The SMILES string of the molecule is C[C@@H]1[C@@H](O)[C@@H](C)/C=C/C=C/C=C/C=C/C=C/C=C/C=C/[C@@H](O[C@H]2O[C@@H](C)[C@H](O)[C@@H](N)[C@@H]2O)C[C@H]2O[C@@](O)(C[C@@H](O)[C@@H]2C(=O)O)C[C@H](O)[C@@H](O)CCC(=O)C[C@H](O)C[C@@H](O)CC(=O)O[C@@H]1C. The van der Waals surface area contributed by atoms with Crippen molar-refractivity contribution >= 4 is 17.7 Å². The van der Waals surface area contributed by atoms with E-state index in [0.717, 1.165) is 0 Å². The van der Waals surface area contributed by atoms with Crippen LogP contribution in [-0.2, 0) is 33.3 Å². The molecule has 0 amide bonds. The van der Waals surface area contributed by atoms with Gasteiger partial charge in [0.15, 0.2) is 12.1 Å². The molecule has 18 nitrogen and oxygen atoms in total. The van der Waals surface area contributed by atoms with Crippen molar-refractivity contribution < 1.29 is 84.4 Å². The number of aliphatic hydroxyl groups is 9. The minimum atomic E-state index is -2.38. The number of carboxylic acids is 1. The highest BCUT2D eigenvalue weighted by Crippen LogP contribution is 2.38. The topological polar surface area (TPSA) is 316 Å². The van der Waals surface area contributed by atoms with Crippen molar-refractivity contribution in [3.8, 4) is 0 Å². The second kappa shape index (κ2) is 27.2.